The minimum Gasteiger partial charge on any atom is -0.459 e. The first-order chi connectivity index (χ1) is 14.5. The first-order valence-electron chi connectivity index (χ1n) is 10.3. The Hall–Kier alpha value is -2.93. The largest absolute Gasteiger partial charge is 0.459 e. The second-order valence-electron chi connectivity index (χ2n) is 8.08. The van der Waals surface area contributed by atoms with Crippen molar-refractivity contribution in [3.63, 3.8) is 0 Å². The molecule has 7 heteroatoms. The van der Waals surface area contributed by atoms with Crippen molar-refractivity contribution in [2.24, 2.45) is 0 Å². The summed E-state index contributed by atoms with van der Waals surface area (Å²) in [6.45, 7) is 7.32. The Morgan fingerprint density at radius 3 is 2.87 bits per heavy atom. The van der Waals surface area contributed by atoms with Crippen LogP contribution < -0.4 is 0 Å². The number of aromatic nitrogens is 3. The number of thiazole rings is 1. The molecule has 0 bridgehead atoms. The van der Waals surface area contributed by atoms with Gasteiger partial charge >= 0.3 is 0 Å². The van der Waals surface area contributed by atoms with Crippen molar-refractivity contribution in [1.82, 2.24) is 19.9 Å². The van der Waals surface area contributed by atoms with Gasteiger partial charge in [-0.2, -0.15) is 0 Å². The highest BCUT2D eigenvalue weighted by Gasteiger charge is 2.29. The summed E-state index contributed by atoms with van der Waals surface area (Å²) < 4.78 is 5.69. The molecule has 5 rings (SSSR count). The number of hydrogen-bond acceptors (Lipinski definition) is 5. The smallest absolute Gasteiger partial charge is 0.265 e. The summed E-state index contributed by atoms with van der Waals surface area (Å²) in [6.07, 6.45) is 2.00. The van der Waals surface area contributed by atoms with Gasteiger partial charge in [0.2, 0.25) is 0 Å². The third-order valence-electron chi connectivity index (χ3n) is 5.69. The number of piperidine rings is 1. The number of amides is 1. The maximum atomic E-state index is 13.3. The van der Waals surface area contributed by atoms with E-state index in [9.17, 15) is 4.79 Å². The van der Waals surface area contributed by atoms with Crippen LogP contribution in [0.5, 0.6) is 0 Å². The van der Waals surface area contributed by atoms with Crippen LogP contribution in [0.2, 0.25) is 0 Å². The lowest BCUT2D eigenvalue weighted by Gasteiger charge is -2.31. The van der Waals surface area contributed by atoms with Gasteiger partial charge in [-0.3, -0.25) is 4.79 Å². The Kier molecular flexibility index (Phi) is 4.70. The number of nitrogens with zero attached hydrogens (tertiary/aromatic N) is 3. The van der Waals surface area contributed by atoms with Crippen LogP contribution in [0.25, 0.3) is 21.8 Å². The monoisotopic (exact) mass is 420 g/mol. The number of rotatable bonds is 3. The van der Waals surface area contributed by atoms with E-state index in [2.05, 4.69) is 35.1 Å². The predicted octanol–water partition coefficient (Wildman–Crippen LogP) is 5.22. The fourth-order valence-electron chi connectivity index (χ4n) is 4.11. The second-order valence-corrected chi connectivity index (χ2v) is 9.08. The summed E-state index contributed by atoms with van der Waals surface area (Å²) in [5.41, 5.74) is 4.01. The highest BCUT2D eigenvalue weighted by Crippen LogP contribution is 2.32. The van der Waals surface area contributed by atoms with Gasteiger partial charge in [-0.05, 0) is 63.4 Å². The molecule has 4 heterocycles. The van der Waals surface area contributed by atoms with Crippen LogP contribution in [0.15, 0.2) is 34.7 Å². The van der Waals surface area contributed by atoms with Gasteiger partial charge in [0.1, 0.15) is 16.5 Å². The number of hydrogen-bond donors (Lipinski definition) is 1. The molecule has 1 saturated heterocycles. The molecule has 0 aliphatic carbocycles. The summed E-state index contributed by atoms with van der Waals surface area (Å²) in [4.78, 5) is 28.8. The van der Waals surface area contributed by atoms with E-state index < -0.39 is 0 Å². The number of carbonyl (C=O) groups excluding carboxylic acids is 1. The summed E-state index contributed by atoms with van der Waals surface area (Å²) >= 11 is 1.41. The van der Waals surface area contributed by atoms with Gasteiger partial charge in [0.15, 0.2) is 10.8 Å². The molecule has 30 heavy (non-hydrogen) atoms. The number of benzene rings is 1. The Balaban J connectivity index is 1.38. The molecular formula is C23H24N4O2S. The van der Waals surface area contributed by atoms with Crippen molar-refractivity contribution in [3.05, 3.63) is 58.1 Å². The van der Waals surface area contributed by atoms with E-state index in [1.807, 2.05) is 30.9 Å². The minimum atomic E-state index is 0.0520. The molecule has 1 aliphatic heterocycles. The maximum absolute atomic E-state index is 13.3. The SMILES string of the molecule is Cc1ccc2nc([C@H]3CCCN(C(=O)c4sc(-c5ccc(C)o5)nc4C)C3)[nH]c2c1. The van der Waals surface area contributed by atoms with Crippen molar-refractivity contribution in [1.29, 1.82) is 0 Å². The first kappa shape index (κ1) is 19.1. The zero-order chi connectivity index (χ0) is 20.8. The van der Waals surface area contributed by atoms with Crippen LogP contribution in [0.3, 0.4) is 0 Å². The standard InChI is InChI=1S/C23H24N4O2S/c1-13-6-8-17-18(11-13)26-21(25-17)16-5-4-10-27(12-16)23(28)20-15(3)24-22(30-20)19-9-7-14(2)29-19/h6-9,11,16H,4-5,10,12H2,1-3H3,(H,25,26)/t16-/m0/s1. The third kappa shape index (κ3) is 3.43. The van der Waals surface area contributed by atoms with Crippen molar-refractivity contribution in [2.75, 3.05) is 13.1 Å². The lowest BCUT2D eigenvalue weighted by atomic mass is 9.97. The molecule has 3 aromatic heterocycles. The molecule has 1 amide bonds. The van der Waals surface area contributed by atoms with Crippen LogP contribution in [0.4, 0.5) is 0 Å². The molecule has 0 radical (unpaired) electrons. The average Bonchev–Trinajstić information content (AvgIpc) is 3.45. The van der Waals surface area contributed by atoms with Gasteiger partial charge in [0.25, 0.3) is 5.91 Å². The molecule has 1 N–H and O–H groups in total. The van der Waals surface area contributed by atoms with Crippen molar-refractivity contribution in [3.8, 4) is 10.8 Å². The van der Waals surface area contributed by atoms with Gasteiger partial charge in [-0.15, -0.1) is 11.3 Å². The van der Waals surface area contributed by atoms with Gasteiger partial charge in [-0.25, -0.2) is 9.97 Å². The molecule has 1 fully saturated rings. The van der Waals surface area contributed by atoms with Crippen molar-refractivity contribution in [2.45, 2.75) is 39.5 Å². The number of nitrogens with one attached hydrogen (secondary N) is 1. The van der Waals surface area contributed by atoms with Crippen molar-refractivity contribution < 1.29 is 9.21 Å². The van der Waals surface area contributed by atoms with E-state index in [1.165, 1.54) is 16.9 Å². The summed E-state index contributed by atoms with van der Waals surface area (Å²) in [5, 5.41) is 0.755. The Bertz CT molecular complexity index is 1240. The van der Waals surface area contributed by atoms with Crippen molar-refractivity contribution >= 4 is 28.3 Å². The second kappa shape index (κ2) is 7.40. The maximum Gasteiger partial charge on any atom is 0.265 e. The highest BCUT2D eigenvalue weighted by atomic mass is 32.1. The van der Waals surface area contributed by atoms with Crippen LogP contribution in [0, 0.1) is 20.8 Å². The molecular weight excluding hydrogens is 396 g/mol. The van der Waals surface area contributed by atoms with E-state index in [1.54, 1.807) is 0 Å². The van der Waals surface area contributed by atoms with E-state index in [-0.39, 0.29) is 11.8 Å². The fraction of sp³-hybridized carbons (Fsp3) is 0.348. The number of H-pyrrole nitrogens is 1. The number of aryl methyl sites for hydroxylation is 3. The molecule has 1 aromatic carbocycles. The molecule has 0 unspecified atom stereocenters. The van der Waals surface area contributed by atoms with Crippen LogP contribution >= 0.6 is 11.3 Å². The molecule has 6 nitrogen and oxygen atoms in total. The van der Waals surface area contributed by atoms with Gasteiger partial charge in [0, 0.05) is 19.0 Å². The van der Waals surface area contributed by atoms with Crippen LogP contribution in [-0.4, -0.2) is 38.8 Å². The molecule has 0 spiro atoms. The van der Waals surface area contributed by atoms with Crippen LogP contribution in [0.1, 0.15) is 51.3 Å². The fourth-order valence-corrected chi connectivity index (χ4v) is 5.11. The summed E-state index contributed by atoms with van der Waals surface area (Å²) in [6, 6.07) is 10.1. The Morgan fingerprint density at radius 2 is 2.07 bits per heavy atom. The summed E-state index contributed by atoms with van der Waals surface area (Å²) in [7, 11) is 0. The average molecular weight is 421 g/mol. The molecule has 0 saturated carbocycles. The lowest BCUT2D eigenvalue weighted by molar-refractivity contribution is 0.0709. The number of fused-ring (bicyclic) bond motifs is 1. The predicted molar refractivity (Wildman–Crippen MR) is 118 cm³/mol. The van der Waals surface area contributed by atoms with E-state index in [0.29, 0.717) is 17.2 Å². The zero-order valence-corrected chi connectivity index (χ0v) is 18.2. The minimum absolute atomic E-state index is 0.0520. The van der Waals surface area contributed by atoms with E-state index >= 15 is 0 Å². The van der Waals surface area contributed by atoms with Gasteiger partial charge < -0.3 is 14.3 Å². The number of furan rings is 1. The number of likely N-dealkylation sites (tertiary alicyclic amines) is 1. The molecule has 154 valence electrons. The molecule has 1 aliphatic rings. The topological polar surface area (TPSA) is 75.0 Å². The number of carbonyl (C=O) groups is 1. The van der Waals surface area contributed by atoms with E-state index in [4.69, 9.17) is 9.40 Å². The summed E-state index contributed by atoms with van der Waals surface area (Å²) in [5.74, 6) is 2.80. The lowest BCUT2D eigenvalue weighted by Crippen LogP contribution is -2.39. The molecule has 4 aromatic rings. The van der Waals surface area contributed by atoms with Gasteiger partial charge in [-0.1, -0.05) is 6.07 Å². The van der Waals surface area contributed by atoms with E-state index in [0.717, 1.165) is 52.7 Å². The number of aromatic amines is 1. The van der Waals surface area contributed by atoms with Crippen LogP contribution in [-0.2, 0) is 0 Å². The van der Waals surface area contributed by atoms with Gasteiger partial charge in [0.05, 0.1) is 16.7 Å². The normalized spacial score (nSPS) is 17.0. The first-order valence-corrected chi connectivity index (χ1v) is 11.1. The third-order valence-corrected chi connectivity index (χ3v) is 6.85. The highest BCUT2D eigenvalue weighted by molar-refractivity contribution is 7.17. The zero-order valence-electron chi connectivity index (χ0n) is 17.4. The quantitative estimate of drug-likeness (QED) is 0.493. The Morgan fingerprint density at radius 1 is 1.20 bits per heavy atom. The Labute approximate surface area is 179 Å². The molecule has 1 atom stereocenters. The number of imidazole rings is 1.